The largest absolute Gasteiger partial charge is 0.490 e. The van der Waals surface area contributed by atoms with Crippen LogP contribution in [0, 0.1) is 11.8 Å². The molecule has 4 atom stereocenters. The number of nitrogens with zero attached hydrogens (tertiary/aromatic N) is 2. The topological polar surface area (TPSA) is 108 Å². The number of fused-ring (bicyclic) bond motifs is 1. The first-order valence-corrected chi connectivity index (χ1v) is 17.0. The molecule has 1 aliphatic carbocycles. The Bertz CT molecular complexity index is 1230. The summed E-state index contributed by atoms with van der Waals surface area (Å²) in [4.78, 5) is 18.2. The number of aliphatic hydroxyl groups is 1. The fourth-order valence-corrected chi connectivity index (χ4v) is 7.24. The van der Waals surface area contributed by atoms with Crippen LogP contribution in [-0.4, -0.2) is 87.4 Å². The molecule has 228 valence electrons. The maximum atomic E-state index is 14.2. The first-order valence-electron chi connectivity index (χ1n) is 14.7. The molecule has 11 heteroatoms. The van der Waals surface area contributed by atoms with Crippen molar-refractivity contribution in [1.29, 1.82) is 0 Å². The van der Waals surface area contributed by atoms with Gasteiger partial charge in [0.15, 0.2) is 0 Å². The number of anilines is 1. The van der Waals surface area contributed by atoms with Crippen molar-refractivity contribution >= 4 is 33.0 Å². The lowest BCUT2D eigenvalue weighted by molar-refractivity contribution is -0.0172. The zero-order chi connectivity index (χ0) is 29.6. The Morgan fingerprint density at radius 1 is 1.17 bits per heavy atom. The van der Waals surface area contributed by atoms with Crippen LogP contribution < -0.4 is 9.46 Å². The number of hydrogen-bond donors (Lipinski definition) is 2. The van der Waals surface area contributed by atoms with Gasteiger partial charge in [0.1, 0.15) is 9.96 Å². The van der Waals surface area contributed by atoms with Crippen LogP contribution >= 0.6 is 11.3 Å². The van der Waals surface area contributed by atoms with Gasteiger partial charge in [0.25, 0.3) is 15.9 Å². The van der Waals surface area contributed by atoms with Gasteiger partial charge in [0.05, 0.1) is 30.4 Å². The highest BCUT2D eigenvalue weighted by Crippen LogP contribution is 2.31. The first-order chi connectivity index (χ1) is 19.6. The molecule has 2 aliphatic rings. The Labute approximate surface area is 248 Å². The second-order valence-corrected chi connectivity index (χ2v) is 14.6. The molecule has 1 aliphatic heterocycles. The SMILES string of the molecule is C[C@@H]1CCCCO[C@H](CN(C)CC2CC2)[C@@H](C)CN([C@@H](C)CO)C(=O)c2cc(NS(=O)(=O)c3cccs3)ccc2O1. The number of amides is 1. The average molecular weight is 608 g/mol. The summed E-state index contributed by atoms with van der Waals surface area (Å²) in [5, 5.41) is 11.8. The number of aliphatic hydroxyl groups excluding tert-OH is 1. The molecule has 0 spiro atoms. The van der Waals surface area contributed by atoms with Crippen molar-refractivity contribution in [2.45, 2.75) is 75.3 Å². The Balaban J connectivity index is 1.65. The molecular formula is C30H45N3O6S2. The molecule has 1 aromatic carbocycles. The third-order valence-corrected chi connectivity index (χ3v) is 10.6. The fourth-order valence-electron chi connectivity index (χ4n) is 5.19. The highest BCUT2D eigenvalue weighted by Gasteiger charge is 2.31. The van der Waals surface area contributed by atoms with E-state index in [4.69, 9.17) is 9.47 Å². The summed E-state index contributed by atoms with van der Waals surface area (Å²) in [5.41, 5.74) is 0.534. The maximum absolute atomic E-state index is 14.2. The van der Waals surface area contributed by atoms with E-state index in [1.54, 1.807) is 34.5 Å². The van der Waals surface area contributed by atoms with Crippen LogP contribution in [0.3, 0.4) is 0 Å². The molecule has 4 rings (SSSR count). The van der Waals surface area contributed by atoms with Gasteiger partial charge in [-0.1, -0.05) is 13.0 Å². The molecule has 0 radical (unpaired) electrons. The maximum Gasteiger partial charge on any atom is 0.271 e. The fraction of sp³-hybridized carbons (Fsp3) is 0.633. The van der Waals surface area contributed by atoms with Gasteiger partial charge in [-0.2, -0.15) is 0 Å². The predicted molar refractivity (Wildman–Crippen MR) is 162 cm³/mol. The lowest BCUT2D eigenvalue weighted by atomic mass is 10.0. The van der Waals surface area contributed by atoms with Crippen LogP contribution in [0.4, 0.5) is 5.69 Å². The number of sulfonamides is 1. The zero-order valence-electron chi connectivity index (χ0n) is 24.6. The number of thiophene rings is 1. The molecule has 1 fully saturated rings. The molecule has 2 aromatic rings. The summed E-state index contributed by atoms with van der Waals surface area (Å²) in [6.45, 7) is 8.53. The normalized spacial score (nSPS) is 23.9. The van der Waals surface area contributed by atoms with E-state index in [9.17, 15) is 18.3 Å². The minimum absolute atomic E-state index is 0.00125. The summed E-state index contributed by atoms with van der Waals surface area (Å²) in [6.07, 6.45) is 4.98. The van der Waals surface area contributed by atoms with E-state index in [1.807, 2.05) is 13.8 Å². The summed E-state index contributed by atoms with van der Waals surface area (Å²) in [5.74, 6) is 0.852. The van der Waals surface area contributed by atoms with E-state index in [0.29, 0.717) is 18.9 Å². The van der Waals surface area contributed by atoms with Crippen molar-refractivity contribution in [1.82, 2.24) is 9.80 Å². The molecule has 2 heterocycles. The second kappa shape index (κ2) is 14.3. The van der Waals surface area contributed by atoms with Gasteiger partial charge in [-0.3, -0.25) is 9.52 Å². The van der Waals surface area contributed by atoms with Crippen molar-refractivity contribution in [2.75, 3.05) is 44.6 Å². The Morgan fingerprint density at radius 3 is 2.63 bits per heavy atom. The molecule has 9 nitrogen and oxygen atoms in total. The van der Waals surface area contributed by atoms with Crippen LogP contribution in [0.2, 0.25) is 0 Å². The molecule has 0 saturated heterocycles. The molecule has 41 heavy (non-hydrogen) atoms. The van der Waals surface area contributed by atoms with E-state index >= 15 is 0 Å². The second-order valence-electron chi connectivity index (χ2n) is 11.7. The lowest BCUT2D eigenvalue weighted by Crippen LogP contribution is -2.47. The minimum Gasteiger partial charge on any atom is -0.490 e. The van der Waals surface area contributed by atoms with E-state index in [-0.39, 0.29) is 46.1 Å². The van der Waals surface area contributed by atoms with Gasteiger partial charge in [-0.15, -0.1) is 11.3 Å². The average Bonchev–Trinajstić information content (AvgIpc) is 3.55. The smallest absolute Gasteiger partial charge is 0.271 e. The van der Waals surface area contributed by atoms with Crippen LogP contribution in [0.25, 0.3) is 0 Å². The van der Waals surface area contributed by atoms with Crippen molar-refractivity contribution in [3.8, 4) is 5.75 Å². The van der Waals surface area contributed by atoms with Gasteiger partial charge in [0.2, 0.25) is 0 Å². The first kappa shape index (κ1) is 31.7. The predicted octanol–water partition coefficient (Wildman–Crippen LogP) is 4.69. The molecule has 1 amide bonds. The van der Waals surface area contributed by atoms with Gasteiger partial charge in [0, 0.05) is 37.8 Å². The summed E-state index contributed by atoms with van der Waals surface area (Å²) in [6, 6.07) is 7.58. The number of carbonyl (C=O) groups is 1. The highest BCUT2D eigenvalue weighted by atomic mass is 32.2. The quantitative estimate of drug-likeness (QED) is 0.426. The zero-order valence-corrected chi connectivity index (χ0v) is 26.3. The Morgan fingerprint density at radius 2 is 1.95 bits per heavy atom. The van der Waals surface area contributed by atoms with Crippen LogP contribution in [0.1, 0.15) is 63.2 Å². The van der Waals surface area contributed by atoms with Gasteiger partial charge in [-0.05, 0) is 88.6 Å². The van der Waals surface area contributed by atoms with Crippen LogP contribution in [0.15, 0.2) is 39.9 Å². The molecule has 0 bridgehead atoms. The van der Waals surface area contributed by atoms with Crippen molar-refractivity contribution < 1.29 is 27.8 Å². The third kappa shape index (κ3) is 8.90. The summed E-state index contributed by atoms with van der Waals surface area (Å²) >= 11 is 1.12. The number of nitrogens with one attached hydrogen (secondary N) is 1. The highest BCUT2D eigenvalue weighted by molar-refractivity contribution is 7.94. The number of benzene rings is 1. The van der Waals surface area contributed by atoms with Crippen molar-refractivity contribution in [3.63, 3.8) is 0 Å². The van der Waals surface area contributed by atoms with Crippen LogP contribution in [0.5, 0.6) is 5.75 Å². The molecule has 2 N–H and O–H groups in total. The van der Waals surface area contributed by atoms with Gasteiger partial charge in [-0.25, -0.2) is 8.42 Å². The Kier molecular flexibility index (Phi) is 11.1. The molecule has 0 unspecified atom stereocenters. The lowest BCUT2D eigenvalue weighted by Gasteiger charge is -2.36. The van der Waals surface area contributed by atoms with E-state index in [1.165, 1.54) is 18.9 Å². The van der Waals surface area contributed by atoms with Crippen LogP contribution in [-0.2, 0) is 14.8 Å². The number of rotatable bonds is 9. The van der Waals surface area contributed by atoms with Gasteiger partial charge >= 0.3 is 0 Å². The van der Waals surface area contributed by atoms with E-state index in [0.717, 1.165) is 49.6 Å². The number of hydrogen-bond acceptors (Lipinski definition) is 8. The number of carbonyl (C=O) groups excluding carboxylic acids is 1. The third-order valence-electron chi connectivity index (χ3n) is 7.82. The van der Waals surface area contributed by atoms with Crippen molar-refractivity contribution in [2.24, 2.45) is 11.8 Å². The molecule has 1 saturated carbocycles. The standard InChI is InChI=1S/C30H45N3O6S2/c1-21-17-33(22(2)20-34)30(35)26-16-25(31-41(36,37)29-9-7-15-40-29)12-13-27(26)39-23(3)8-5-6-14-38-28(21)19-32(4)18-24-10-11-24/h7,9,12-13,15-16,21-24,28,31,34H,5-6,8,10-11,14,17-20H2,1-4H3/t21-,22-,23+,28+/m0/s1. The minimum atomic E-state index is -3.80. The van der Waals surface area contributed by atoms with E-state index < -0.39 is 16.1 Å². The van der Waals surface area contributed by atoms with Gasteiger partial charge < -0.3 is 24.4 Å². The van der Waals surface area contributed by atoms with E-state index in [2.05, 4.69) is 23.6 Å². The number of likely N-dealkylation sites (N-methyl/N-ethyl adjacent to an activating group) is 1. The summed E-state index contributed by atoms with van der Waals surface area (Å²) in [7, 11) is -1.67. The molecular weight excluding hydrogens is 562 g/mol. The molecule has 1 aromatic heterocycles. The van der Waals surface area contributed by atoms with Crippen molar-refractivity contribution in [3.05, 3.63) is 41.3 Å². The number of ether oxygens (including phenoxy) is 2. The summed E-state index contributed by atoms with van der Waals surface area (Å²) < 4.78 is 41.3. The monoisotopic (exact) mass is 607 g/mol. The Hall–Kier alpha value is -2.18.